The largest absolute Gasteiger partial charge is 0.479 e. The number of methoxy groups -OCH3 is 1. The first-order valence-electron chi connectivity index (χ1n) is 11.4. The van der Waals surface area contributed by atoms with E-state index in [4.69, 9.17) is 9.47 Å². The third kappa shape index (κ3) is 4.21. The Morgan fingerprint density at radius 2 is 1.83 bits per heavy atom. The maximum Gasteiger partial charge on any atom is 0.341 e. The number of fused-ring (bicyclic) bond motifs is 2. The molecule has 0 aliphatic rings. The topological polar surface area (TPSA) is 97.0 Å². The average Bonchev–Trinajstić information content (AvgIpc) is 3.51. The van der Waals surface area contributed by atoms with Gasteiger partial charge in [0.2, 0.25) is 5.88 Å². The molecule has 9 heteroatoms. The second-order valence-corrected chi connectivity index (χ2v) is 8.91. The van der Waals surface area contributed by atoms with Gasteiger partial charge in [0, 0.05) is 11.6 Å². The van der Waals surface area contributed by atoms with Crippen molar-refractivity contribution in [1.29, 1.82) is 0 Å². The zero-order valence-electron chi connectivity index (χ0n) is 20.1. The molecule has 0 spiro atoms. The second kappa shape index (κ2) is 8.83. The fraction of sp³-hybridized carbons (Fsp3) is 0.269. The summed E-state index contributed by atoms with van der Waals surface area (Å²) in [5, 5.41) is 11.2. The zero-order valence-corrected chi connectivity index (χ0v) is 20.1. The quantitative estimate of drug-likeness (QED) is 0.327. The maximum atomic E-state index is 12.0. The maximum absolute atomic E-state index is 12.0. The molecular formula is C26H26N6O3. The smallest absolute Gasteiger partial charge is 0.341 e. The van der Waals surface area contributed by atoms with Gasteiger partial charge in [-0.25, -0.2) is 14.5 Å². The monoisotopic (exact) mass is 470 g/mol. The Labute approximate surface area is 202 Å². The Kier molecular flexibility index (Phi) is 5.68. The lowest BCUT2D eigenvalue weighted by molar-refractivity contribution is 0.0526. The summed E-state index contributed by atoms with van der Waals surface area (Å²) in [6, 6.07) is 14.9. The summed E-state index contributed by atoms with van der Waals surface area (Å²) in [6.45, 7) is 7.01. The third-order valence-electron chi connectivity index (χ3n) is 6.01. The minimum atomic E-state index is -0.449. The highest BCUT2D eigenvalue weighted by Gasteiger charge is 2.25. The number of ether oxygens (including phenoxy) is 2. The SMILES string of the molecule is CCOC(=O)c1cnn(-c2nc(OC)c3c(cnn3CC(C)(C)c3ccc4ccccc4c3)n2)c1. The first kappa shape index (κ1) is 22.5. The van der Waals surface area contributed by atoms with Crippen LogP contribution in [0, 0.1) is 0 Å². The van der Waals surface area contributed by atoms with E-state index in [1.165, 1.54) is 33.4 Å². The summed E-state index contributed by atoms with van der Waals surface area (Å²) in [5.41, 5.74) is 2.63. The van der Waals surface area contributed by atoms with E-state index in [0.29, 0.717) is 29.0 Å². The molecule has 0 aliphatic carbocycles. The fourth-order valence-corrected chi connectivity index (χ4v) is 4.15. The van der Waals surface area contributed by atoms with Crippen LogP contribution in [0.5, 0.6) is 5.88 Å². The van der Waals surface area contributed by atoms with Gasteiger partial charge in [0.05, 0.1) is 38.2 Å². The van der Waals surface area contributed by atoms with Gasteiger partial charge in [0.25, 0.3) is 5.95 Å². The number of carbonyl (C=O) groups is 1. The number of benzene rings is 2. The van der Waals surface area contributed by atoms with E-state index in [-0.39, 0.29) is 18.0 Å². The summed E-state index contributed by atoms with van der Waals surface area (Å²) in [4.78, 5) is 21.1. The van der Waals surface area contributed by atoms with Crippen LogP contribution in [0.3, 0.4) is 0 Å². The molecule has 178 valence electrons. The highest BCUT2D eigenvalue weighted by molar-refractivity contribution is 5.89. The van der Waals surface area contributed by atoms with Gasteiger partial charge in [-0.3, -0.25) is 4.68 Å². The lowest BCUT2D eigenvalue weighted by Gasteiger charge is -2.26. The molecule has 35 heavy (non-hydrogen) atoms. The number of nitrogens with zero attached hydrogens (tertiary/aromatic N) is 6. The lowest BCUT2D eigenvalue weighted by Crippen LogP contribution is -2.25. The van der Waals surface area contributed by atoms with Gasteiger partial charge in [-0.15, -0.1) is 0 Å². The minimum Gasteiger partial charge on any atom is -0.479 e. The Balaban J connectivity index is 1.49. The van der Waals surface area contributed by atoms with Crippen molar-refractivity contribution in [2.45, 2.75) is 32.7 Å². The van der Waals surface area contributed by atoms with Crippen LogP contribution in [-0.2, 0) is 16.7 Å². The first-order valence-corrected chi connectivity index (χ1v) is 11.4. The molecule has 0 unspecified atom stereocenters. The molecule has 0 amide bonds. The average molecular weight is 471 g/mol. The van der Waals surface area contributed by atoms with E-state index in [9.17, 15) is 4.79 Å². The lowest BCUT2D eigenvalue weighted by atomic mass is 9.83. The molecule has 2 aromatic carbocycles. The van der Waals surface area contributed by atoms with Crippen LogP contribution >= 0.6 is 0 Å². The fourth-order valence-electron chi connectivity index (χ4n) is 4.15. The normalized spacial score (nSPS) is 11.8. The second-order valence-electron chi connectivity index (χ2n) is 8.91. The van der Waals surface area contributed by atoms with Crippen molar-refractivity contribution in [1.82, 2.24) is 29.5 Å². The van der Waals surface area contributed by atoms with Crippen molar-refractivity contribution in [3.63, 3.8) is 0 Å². The van der Waals surface area contributed by atoms with Crippen LogP contribution in [0.1, 0.15) is 36.7 Å². The van der Waals surface area contributed by atoms with Gasteiger partial charge in [-0.2, -0.15) is 15.2 Å². The molecule has 0 saturated heterocycles. The predicted molar refractivity (Wildman–Crippen MR) is 132 cm³/mol. The highest BCUT2D eigenvalue weighted by Crippen LogP contribution is 2.31. The molecule has 0 radical (unpaired) electrons. The molecule has 3 aromatic heterocycles. The van der Waals surface area contributed by atoms with Gasteiger partial charge in [0.15, 0.2) is 0 Å². The Hall–Kier alpha value is -4.27. The van der Waals surface area contributed by atoms with Crippen molar-refractivity contribution in [3.05, 3.63) is 72.2 Å². The van der Waals surface area contributed by atoms with Crippen LogP contribution in [0.4, 0.5) is 0 Å². The molecule has 5 aromatic rings. The van der Waals surface area contributed by atoms with E-state index in [2.05, 4.69) is 70.4 Å². The summed E-state index contributed by atoms with van der Waals surface area (Å²) in [6.07, 6.45) is 4.65. The summed E-state index contributed by atoms with van der Waals surface area (Å²) in [7, 11) is 1.56. The molecule has 0 bridgehead atoms. The van der Waals surface area contributed by atoms with E-state index in [1.807, 2.05) is 10.7 Å². The molecule has 0 saturated carbocycles. The summed E-state index contributed by atoms with van der Waals surface area (Å²) < 4.78 is 13.9. The van der Waals surface area contributed by atoms with Gasteiger partial charge in [-0.05, 0) is 23.3 Å². The molecule has 9 nitrogen and oxygen atoms in total. The van der Waals surface area contributed by atoms with Crippen molar-refractivity contribution >= 4 is 27.8 Å². The molecule has 0 N–H and O–H groups in total. The van der Waals surface area contributed by atoms with Crippen LogP contribution < -0.4 is 4.74 Å². The van der Waals surface area contributed by atoms with Crippen molar-refractivity contribution in [3.8, 4) is 11.8 Å². The molecule has 0 fully saturated rings. The van der Waals surface area contributed by atoms with E-state index >= 15 is 0 Å². The third-order valence-corrected chi connectivity index (χ3v) is 6.01. The number of esters is 1. The van der Waals surface area contributed by atoms with Crippen LogP contribution in [-0.4, -0.2) is 49.2 Å². The summed E-state index contributed by atoms with van der Waals surface area (Å²) >= 11 is 0. The van der Waals surface area contributed by atoms with Crippen molar-refractivity contribution in [2.75, 3.05) is 13.7 Å². The minimum absolute atomic E-state index is 0.219. The van der Waals surface area contributed by atoms with Gasteiger partial charge < -0.3 is 9.47 Å². The summed E-state index contributed by atoms with van der Waals surface area (Å²) in [5.74, 6) is 0.207. The molecule has 0 aliphatic heterocycles. The predicted octanol–water partition coefficient (Wildman–Crippen LogP) is 4.33. The van der Waals surface area contributed by atoms with Gasteiger partial charge in [-0.1, -0.05) is 56.3 Å². The standard InChI is InChI=1S/C26H26N6O3/c1-5-35-24(33)19-13-27-31(15-19)25-29-21-14-28-32(22(21)23(30-25)34-4)16-26(2,3)20-11-10-17-8-6-7-9-18(17)12-20/h6-15H,5,16H2,1-4H3. The molecule has 3 heterocycles. The first-order chi connectivity index (χ1) is 16.9. The van der Waals surface area contributed by atoms with E-state index in [1.54, 1.807) is 20.2 Å². The number of hydrogen-bond acceptors (Lipinski definition) is 7. The number of hydrogen-bond donors (Lipinski definition) is 0. The Morgan fingerprint density at radius 1 is 1.03 bits per heavy atom. The van der Waals surface area contributed by atoms with Crippen molar-refractivity contribution in [2.24, 2.45) is 0 Å². The zero-order chi connectivity index (χ0) is 24.6. The van der Waals surface area contributed by atoms with E-state index in [0.717, 1.165) is 0 Å². The van der Waals surface area contributed by atoms with Gasteiger partial charge >= 0.3 is 5.97 Å². The Morgan fingerprint density at radius 3 is 2.60 bits per heavy atom. The molecule has 0 atom stereocenters. The molecule has 5 rings (SSSR count). The van der Waals surface area contributed by atoms with Crippen molar-refractivity contribution < 1.29 is 14.3 Å². The van der Waals surface area contributed by atoms with Crippen LogP contribution in [0.15, 0.2) is 61.1 Å². The van der Waals surface area contributed by atoms with Gasteiger partial charge in [0.1, 0.15) is 11.0 Å². The number of rotatable bonds is 7. The van der Waals surface area contributed by atoms with Crippen LogP contribution in [0.25, 0.3) is 27.8 Å². The number of carbonyl (C=O) groups excluding carboxylic acids is 1. The molecular weight excluding hydrogens is 444 g/mol. The van der Waals surface area contributed by atoms with E-state index < -0.39 is 5.97 Å². The Bertz CT molecular complexity index is 1530. The van der Waals surface area contributed by atoms with Crippen LogP contribution in [0.2, 0.25) is 0 Å². The number of aromatic nitrogens is 6. The highest BCUT2D eigenvalue weighted by atomic mass is 16.5.